The topological polar surface area (TPSA) is 108 Å². The van der Waals surface area contributed by atoms with Crippen LogP contribution in [0, 0.1) is 0 Å². The van der Waals surface area contributed by atoms with Gasteiger partial charge in [0.1, 0.15) is 0 Å². The second kappa shape index (κ2) is 3.22. The third kappa shape index (κ3) is 1.29. The molecule has 1 saturated heterocycles. The minimum absolute atomic E-state index is 1.06. The number of carbonyl (C=O) groups excluding carboxylic acids is 3. The molecule has 0 saturated carbocycles. The Hall–Kier alpha value is -1.70. The van der Waals surface area contributed by atoms with E-state index in [-0.39, 0.29) is 0 Å². The van der Waals surface area contributed by atoms with Crippen LogP contribution >= 0.6 is 0 Å². The molecule has 0 aromatic heterocycles. The molecule has 1 heterocycles. The smallest absolute Gasteiger partial charge is 0.323 e. The summed E-state index contributed by atoms with van der Waals surface area (Å²) in [6.45, 7) is 0. The Labute approximate surface area is 77.7 Å². The third-order valence-electron chi connectivity index (χ3n) is 1.76. The zero-order chi connectivity index (χ0) is 10.9. The van der Waals surface area contributed by atoms with E-state index in [1.165, 1.54) is 5.32 Å². The molecule has 2 unspecified atom stereocenters. The molecule has 0 spiro atoms. The number of carbonyl (C=O) groups is 3. The van der Waals surface area contributed by atoms with Gasteiger partial charge in [0.2, 0.25) is 0 Å². The Morgan fingerprint density at radius 3 is 2.64 bits per heavy atom. The number of urea groups is 1. The molecule has 7 nitrogen and oxygen atoms in total. The monoisotopic (exact) mass is 205 g/mol. The van der Waals surface area contributed by atoms with Crippen LogP contribution < -0.4 is 16.0 Å². The molecule has 4 N–H and O–H groups in total. The van der Waals surface area contributed by atoms with Gasteiger partial charge in [0.25, 0.3) is 11.8 Å². The van der Waals surface area contributed by atoms with E-state index >= 15 is 0 Å². The zero-order valence-electron chi connectivity index (χ0n) is 7.13. The van der Waals surface area contributed by atoms with E-state index < -0.39 is 29.7 Å². The van der Waals surface area contributed by atoms with Crippen molar-refractivity contribution >= 4 is 17.8 Å². The average Bonchev–Trinajstić information content (AvgIpc) is 2.12. The molecule has 0 aliphatic carbocycles. The van der Waals surface area contributed by atoms with Crippen LogP contribution in [0.1, 0.15) is 0 Å². The predicted octanol–water partition coefficient (Wildman–Crippen LogP) is -2.40. The number of aliphatic hydroxyl groups excluding tert-OH is 1. The molecule has 14 heavy (non-hydrogen) atoms. The van der Waals surface area contributed by atoms with Crippen molar-refractivity contribution in [2.24, 2.45) is 0 Å². The summed E-state index contributed by atoms with van der Waals surface area (Å²) in [5.74, 6) is -2.82. The molecular formula is C6H8FN3O4. The lowest BCUT2D eigenvalue weighted by molar-refractivity contribution is -0.157. The number of alkyl halides is 1. The second-order valence-corrected chi connectivity index (χ2v) is 2.62. The van der Waals surface area contributed by atoms with Crippen LogP contribution in [0.5, 0.6) is 0 Å². The largest absolute Gasteiger partial charge is 0.369 e. The molecule has 0 aromatic rings. The molecule has 1 rings (SSSR count). The van der Waals surface area contributed by atoms with Crippen LogP contribution in [0.3, 0.4) is 0 Å². The fourth-order valence-corrected chi connectivity index (χ4v) is 0.987. The maximum Gasteiger partial charge on any atom is 0.323 e. The molecule has 4 amide bonds. The summed E-state index contributed by atoms with van der Waals surface area (Å²) in [4.78, 5) is 32.5. The summed E-state index contributed by atoms with van der Waals surface area (Å²) in [5.41, 5.74) is -3.19. The van der Waals surface area contributed by atoms with Gasteiger partial charge < -0.3 is 15.7 Å². The van der Waals surface area contributed by atoms with Crippen molar-refractivity contribution in [2.45, 2.75) is 11.9 Å². The van der Waals surface area contributed by atoms with Gasteiger partial charge in [0.15, 0.2) is 6.23 Å². The van der Waals surface area contributed by atoms with Gasteiger partial charge >= 0.3 is 11.7 Å². The van der Waals surface area contributed by atoms with Crippen LogP contribution in [0.15, 0.2) is 0 Å². The normalized spacial score (nSPS) is 31.8. The summed E-state index contributed by atoms with van der Waals surface area (Å²) in [5, 5.41) is 14.1. The second-order valence-electron chi connectivity index (χ2n) is 2.62. The van der Waals surface area contributed by atoms with E-state index in [4.69, 9.17) is 5.11 Å². The predicted molar refractivity (Wildman–Crippen MR) is 40.6 cm³/mol. The van der Waals surface area contributed by atoms with Gasteiger partial charge in [-0.2, -0.15) is 0 Å². The van der Waals surface area contributed by atoms with Crippen molar-refractivity contribution in [3.63, 3.8) is 0 Å². The van der Waals surface area contributed by atoms with E-state index in [1.807, 2.05) is 5.32 Å². The molecule has 1 aliphatic rings. The van der Waals surface area contributed by atoms with E-state index in [2.05, 4.69) is 0 Å². The summed E-state index contributed by atoms with van der Waals surface area (Å²) in [6.07, 6.45) is -2.19. The van der Waals surface area contributed by atoms with Crippen molar-refractivity contribution in [1.29, 1.82) is 0 Å². The summed E-state index contributed by atoms with van der Waals surface area (Å²) < 4.78 is 13.6. The summed E-state index contributed by atoms with van der Waals surface area (Å²) in [7, 11) is 1.10. The molecule has 2 atom stereocenters. The number of halogens is 1. The number of imide groups is 1. The SMILES string of the molecule is CNC(=O)C1(F)C(=O)NC(=O)NC1O. The lowest BCUT2D eigenvalue weighted by Gasteiger charge is -2.31. The Kier molecular flexibility index (Phi) is 2.39. The minimum Gasteiger partial charge on any atom is -0.369 e. The lowest BCUT2D eigenvalue weighted by atomic mass is 10.0. The standard InChI is InChI=1S/C6H8FN3O4/c1-8-2(11)6(7)3(12)9-5(14)10-4(6)13/h3,12H,1H3,(H,8,11)(H2,9,10,13,14). The first-order valence-electron chi connectivity index (χ1n) is 3.64. The minimum atomic E-state index is -3.19. The van der Waals surface area contributed by atoms with E-state index in [1.54, 1.807) is 5.32 Å². The van der Waals surface area contributed by atoms with Crippen LogP contribution in [-0.4, -0.2) is 41.9 Å². The van der Waals surface area contributed by atoms with Gasteiger partial charge in [-0.25, -0.2) is 9.18 Å². The molecule has 0 bridgehead atoms. The quantitative estimate of drug-likeness (QED) is 0.358. The van der Waals surface area contributed by atoms with E-state index in [0.717, 1.165) is 7.05 Å². The zero-order valence-corrected chi connectivity index (χ0v) is 7.13. The Morgan fingerprint density at radius 2 is 2.21 bits per heavy atom. The number of hydrogen-bond acceptors (Lipinski definition) is 4. The summed E-state index contributed by atoms with van der Waals surface area (Å²) in [6, 6.07) is -1.06. The number of hydrogen-bond donors (Lipinski definition) is 4. The van der Waals surface area contributed by atoms with Crippen molar-refractivity contribution in [3.05, 3.63) is 0 Å². The Balaban J connectivity index is 3.01. The van der Waals surface area contributed by atoms with Gasteiger partial charge in [0, 0.05) is 7.05 Å². The molecule has 1 fully saturated rings. The van der Waals surface area contributed by atoms with E-state index in [9.17, 15) is 18.8 Å². The van der Waals surface area contributed by atoms with Gasteiger partial charge in [0.05, 0.1) is 0 Å². The fourth-order valence-electron chi connectivity index (χ4n) is 0.987. The highest BCUT2D eigenvalue weighted by molar-refractivity contribution is 6.15. The number of aliphatic hydroxyl groups is 1. The first kappa shape index (κ1) is 10.4. The Bertz CT molecular complexity index is 307. The summed E-state index contributed by atoms with van der Waals surface area (Å²) >= 11 is 0. The highest BCUT2D eigenvalue weighted by Crippen LogP contribution is 2.18. The maximum absolute atomic E-state index is 13.6. The average molecular weight is 205 g/mol. The Morgan fingerprint density at radius 1 is 1.64 bits per heavy atom. The van der Waals surface area contributed by atoms with Crippen molar-refractivity contribution in [1.82, 2.24) is 16.0 Å². The number of amides is 4. The van der Waals surface area contributed by atoms with Crippen molar-refractivity contribution in [3.8, 4) is 0 Å². The number of nitrogens with one attached hydrogen (secondary N) is 3. The van der Waals surface area contributed by atoms with Gasteiger partial charge in [-0.05, 0) is 0 Å². The first-order chi connectivity index (χ1) is 6.42. The highest BCUT2D eigenvalue weighted by atomic mass is 19.1. The molecule has 8 heteroatoms. The van der Waals surface area contributed by atoms with E-state index in [0.29, 0.717) is 0 Å². The van der Waals surface area contributed by atoms with Crippen LogP contribution in [0.2, 0.25) is 0 Å². The van der Waals surface area contributed by atoms with Gasteiger partial charge in [-0.15, -0.1) is 0 Å². The fraction of sp³-hybridized carbons (Fsp3) is 0.500. The third-order valence-corrected chi connectivity index (χ3v) is 1.76. The van der Waals surface area contributed by atoms with Crippen molar-refractivity contribution in [2.75, 3.05) is 7.05 Å². The van der Waals surface area contributed by atoms with Crippen LogP contribution in [-0.2, 0) is 9.59 Å². The van der Waals surface area contributed by atoms with Crippen molar-refractivity contribution < 1.29 is 23.9 Å². The molecule has 78 valence electrons. The lowest BCUT2D eigenvalue weighted by Crippen LogP contribution is -2.71. The molecule has 0 aromatic carbocycles. The van der Waals surface area contributed by atoms with Crippen LogP contribution in [0.25, 0.3) is 0 Å². The maximum atomic E-state index is 13.6. The number of rotatable bonds is 1. The molecular weight excluding hydrogens is 197 g/mol. The van der Waals surface area contributed by atoms with Gasteiger partial charge in [-0.1, -0.05) is 0 Å². The first-order valence-corrected chi connectivity index (χ1v) is 3.64. The molecule has 1 aliphatic heterocycles. The van der Waals surface area contributed by atoms with Crippen LogP contribution in [0.4, 0.5) is 9.18 Å². The highest BCUT2D eigenvalue weighted by Gasteiger charge is 2.56. The molecule has 0 radical (unpaired) electrons. The van der Waals surface area contributed by atoms with Gasteiger partial charge in [-0.3, -0.25) is 14.9 Å².